The van der Waals surface area contributed by atoms with Gasteiger partial charge in [0.1, 0.15) is 11.6 Å². The first-order chi connectivity index (χ1) is 3.70. The summed E-state index contributed by atoms with van der Waals surface area (Å²) < 4.78 is 5.10. The van der Waals surface area contributed by atoms with E-state index in [9.17, 15) is 0 Å². The highest BCUT2D eigenvalue weighted by Gasteiger charge is 1.97. The second-order valence-electron chi connectivity index (χ2n) is 1.87. The van der Waals surface area contributed by atoms with Gasteiger partial charge in [-0.2, -0.15) is 0 Å². The van der Waals surface area contributed by atoms with Crippen molar-refractivity contribution >= 4 is 13.6 Å². The summed E-state index contributed by atoms with van der Waals surface area (Å²) >= 11 is 0. The van der Waals surface area contributed by atoms with Crippen molar-refractivity contribution in [2.24, 2.45) is 0 Å². The summed E-state index contributed by atoms with van der Waals surface area (Å²) in [5.41, 5.74) is 0.988. The van der Waals surface area contributed by atoms with E-state index in [1.165, 1.54) is 0 Å². The van der Waals surface area contributed by atoms with Crippen LogP contribution in [0, 0.1) is 13.8 Å². The van der Waals surface area contributed by atoms with E-state index < -0.39 is 0 Å². The molecule has 8 heavy (non-hydrogen) atoms. The number of oxazole rings is 1. The zero-order valence-corrected chi connectivity index (χ0v) is 5.36. The van der Waals surface area contributed by atoms with Gasteiger partial charge in [0.2, 0.25) is 7.85 Å². The first kappa shape index (κ1) is 5.41. The van der Waals surface area contributed by atoms with Gasteiger partial charge in [-0.15, -0.1) is 0 Å². The summed E-state index contributed by atoms with van der Waals surface area (Å²) in [5.74, 6) is 1.67. The Labute approximate surface area is 49.3 Å². The van der Waals surface area contributed by atoms with Gasteiger partial charge in [0.05, 0.1) is 5.69 Å². The van der Waals surface area contributed by atoms with E-state index in [-0.39, 0.29) is 0 Å². The van der Waals surface area contributed by atoms with Crippen molar-refractivity contribution in [3.05, 3.63) is 11.5 Å². The monoisotopic (exact) mass is 109 g/mol. The van der Waals surface area contributed by atoms with Gasteiger partial charge in [0.15, 0.2) is 0 Å². The Morgan fingerprint density at radius 1 is 1.50 bits per heavy atom. The topological polar surface area (TPSA) is 26.0 Å². The van der Waals surface area contributed by atoms with E-state index in [0.717, 1.165) is 17.2 Å². The predicted molar refractivity (Wildman–Crippen MR) is 34.2 cm³/mol. The largest absolute Gasteiger partial charge is 0.457 e. The molecular weight excluding hydrogens is 101 g/mol. The summed E-state index contributed by atoms with van der Waals surface area (Å²) in [4.78, 5) is 4.04. The zero-order chi connectivity index (χ0) is 6.15. The van der Waals surface area contributed by atoms with Gasteiger partial charge < -0.3 is 4.42 Å². The molecule has 0 saturated carbocycles. The van der Waals surface area contributed by atoms with Crippen molar-refractivity contribution < 1.29 is 4.42 Å². The molecule has 0 bridgehead atoms. The smallest absolute Gasteiger partial charge is 0.212 e. The lowest BCUT2D eigenvalue weighted by atomic mass is 10.2. The van der Waals surface area contributed by atoms with Gasteiger partial charge in [-0.25, -0.2) is 4.98 Å². The van der Waals surface area contributed by atoms with E-state index in [2.05, 4.69) is 4.98 Å². The third kappa shape index (κ3) is 0.758. The van der Waals surface area contributed by atoms with Crippen LogP contribution in [0.4, 0.5) is 0 Å². The van der Waals surface area contributed by atoms with Gasteiger partial charge in [0, 0.05) is 0 Å². The summed E-state index contributed by atoms with van der Waals surface area (Å²) in [7, 11) is 1.85. The van der Waals surface area contributed by atoms with E-state index in [0.29, 0.717) is 0 Å². The number of hydrogen-bond donors (Lipinski definition) is 0. The molecule has 0 N–H and O–H groups in total. The molecule has 1 rings (SSSR count). The highest BCUT2D eigenvalue weighted by Crippen LogP contribution is 1.97. The molecule has 0 aliphatic heterocycles. The van der Waals surface area contributed by atoms with E-state index >= 15 is 0 Å². The van der Waals surface area contributed by atoms with Crippen LogP contribution in [0.2, 0.25) is 0 Å². The number of aromatic nitrogens is 1. The highest BCUT2D eigenvalue weighted by molar-refractivity contribution is 6.28. The van der Waals surface area contributed by atoms with Crippen LogP contribution in [-0.2, 0) is 0 Å². The van der Waals surface area contributed by atoms with Crippen LogP contribution in [-0.4, -0.2) is 12.8 Å². The molecule has 0 unspecified atom stereocenters. The molecule has 0 radical (unpaired) electrons. The average Bonchev–Trinajstić information content (AvgIpc) is 1.85. The molecule has 1 aromatic rings. The molecule has 0 saturated heterocycles. The maximum Gasteiger partial charge on any atom is 0.212 e. The van der Waals surface area contributed by atoms with Crippen molar-refractivity contribution in [1.82, 2.24) is 4.98 Å². The Morgan fingerprint density at radius 2 is 2.12 bits per heavy atom. The number of nitrogens with zero attached hydrogens (tertiary/aromatic N) is 1. The minimum Gasteiger partial charge on any atom is -0.457 e. The van der Waals surface area contributed by atoms with Crippen molar-refractivity contribution in [2.45, 2.75) is 13.8 Å². The fraction of sp³-hybridized carbons (Fsp3) is 0.400. The number of aryl methyl sites for hydroxylation is 2. The van der Waals surface area contributed by atoms with Crippen LogP contribution in [0.1, 0.15) is 11.5 Å². The Bertz CT molecular complexity index is 175. The van der Waals surface area contributed by atoms with Gasteiger partial charge in [-0.3, -0.25) is 0 Å². The van der Waals surface area contributed by atoms with Gasteiger partial charge >= 0.3 is 0 Å². The van der Waals surface area contributed by atoms with Gasteiger partial charge in [0.25, 0.3) is 0 Å². The van der Waals surface area contributed by atoms with Gasteiger partial charge in [-0.05, 0) is 13.8 Å². The van der Waals surface area contributed by atoms with Crippen molar-refractivity contribution in [2.75, 3.05) is 0 Å². The molecule has 0 amide bonds. The number of hydrogen-bond acceptors (Lipinski definition) is 2. The normalized spacial score (nSPS) is 9.75. The molecule has 1 heterocycles. The molecule has 2 nitrogen and oxygen atoms in total. The second-order valence-corrected chi connectivity index (χ2v) is 1.87. The van der Waals surface area contributed by atoms with Gasteiger partial charge in [-0.1, -0.05) is 0 Å². The predicted octanol–water partition coefficient (Wildman–Crippen LogP) is -0.450. The quantitative estimate of drug-likeness (QED) is 0.421. The molecule has 42 valence electrons. The van der Waals surface area contributed by atoms with Crippen molar-refractivity contribution in [3.8, 4) is 0 Å². The third-order valence-electron chi connectivity index (χ3n) is 1.14. The van der Waals surface area contributed by atoms with Crippen LogP contribution >= 0.6 is 0 Å². The molecule has 0 fully saturated rings. The van der Waals surface area contributed by atoms with E-state index in [4.69, 9.17) is 4.42 Å². The average molecular weight is 109 g/mol. The SMILES string of the molecule is Bc1nc(C)c(C)o1. The minimum absolute atomic E-state index is 0.750. The van der Waals surface area contributed by atoms with Crippen LogP contribution in [0.5, 0.6) is 0 Å². The fourth-order valence-corrected chi connectivity index (χ4v) is 0.633. The lowest BCUT2D eigenvalue weighted by molar-refractivity contribution is 0.559. The molecule has 3 heteroatoms. The molecule has 0 atom stereocenters. The van der Waals surface area contributed by atoms with Crippen LogP contribution in [0.15, 0.2) is 4.42 Å². The summed E-state index contributed by atoms with van der Waals surface area (Å²) in [5, 5.41) is 0. The van der Waals surface area contributed by atoms with Crippen molar-refractivity contribution in [1.29, 1.82) is 0 Å². The van der Waals surface area contributed by atoms with Crippen LogP contribution in [0.3, 0.4) is 0 Å². The summed E-state index contributed by atoms with van der Waals surface area (Å²) in [6.45, 7) is 3.85. The summed E-state index contributed by atoms with van der Waals surface area (Å²) in [6, 6.07) is 0. The second kappa shape index (κ2) is 1.65. The Balaban J connectivity index is 3.14. The van der Waals surface area contributed by atoms with Crippen molar-refractivity contribution in [3.63, 3.8) is 0 Å². The first-order valence-corrected chi connectivity index (χ1v) is 2.61. The first-order valence-electron chi connectivity index (χ1n) is 2.61. The maximum atomic E-state index is 5.10. The van der Waals surface area contributed by atoms with Crippen LogP contribution < -0.4 is 5.79 Å². The zero-order valence-electron chi connectivity index (χ0n) is 5.36. The standard InChI is InChI=1S/C5H8BNO/c1-3-4(2)8-5(6)7-3/h6H2,1-2H3. The van der Waals surface area contributed by atoms with Crippen LogP contribution in [0.25, 0.3) is 0 Å². The summed E-state index contributed by atoms with van der Waals surface area (Å²) in [6.07, 6.45) is 0. The molecular formula is C5H8BNO. The Kier molecular flexibility index (Phi) is 1.12. The fourth-order valence-electron chi connectivity index (χ4n) is 0.633. The molecule has 0 spiro atoms. The lowest BCUT2D eigenvalue weighted by Crippen LogP contribution is -2.00. The van der Waals surface area contributed by atoms with E-state index in [1.54, 1.807) is 0 Å². The minimum atomic E-state index is 0.750. The third-order valence-corrected chi connectivity index (χ3v) is 1.14. The Morgan fingerprint density at radius 3 is 2.25 bits per heavy atom. The number of rotatable bonds is 0. The molecule has 0 aliphatic rings. The molecule has 1 aromatic heterocycles. The Hall–Kier alpha value is -0.725. The molecule has 0 aliphatic carbocycles. The molecule has 0 aromatic carbocycles. The van der Waals surface area contributed by atoms with E-state index in [1.807, 2.05) is 21.7 Å². The lowest BCUT2D eigenvalue weighted by Gasteiger charge is -1.77. The maximum absolute atomic E-state index is 5.10. The highest BCUT2D eigenvalue weighted by atomic mass is 16.3.